The fourth-order valence-corrected chi connectivity index (χ4v) is 6.47. The van der Waals surface area contributed by atoms with Crippen molar-refractivity contribution in [2.75, 3.05) is 38.6 Å². The number of carbonyl (C=O) groups excluding carboxylic acids is 2. The second-order valence-electron chi connectivity index (χ2n) is 9.75. The molecule has 0 unspecified atom stereocenters. The number of nitrogens with one attached hydrogen (secondary N) is 2. The smallest absolute Gasteiger partial charge is 0.238 e. The van der Waals surface area contributed by atoms with E-state index in [9.17, 15) is 9.59 Å². The van der Waals surface area contributed by atoms with E-state index in [0.717, 1.165) is 24.3 Å². The molecule has 4 saturated carbocycles. The summed E-state index contributed by atoms with van der Waals surface area (Å²) in [4.78, 5) is 27.0. The van der Waals surface area contributed by atoms with Crippen LogP contribution >= 0.6 is 0 Å². The molecule has 1 aromatic rings. The topological polar surface area (TPSA) is 70.7 Å². The van der Waals surface area contributed by atoms with Crippen molar-refractivity contribution in [3.8, 4) is 5.75 Å². The average Bonchev–Trinajstić information content (AvgIpc) is 2.71. The first-order valence-electron chi connectivity index (χ1n) is 11.4. The highest BCUT2D eigenvalue weighted by molar-refractivity contribution is 5.94. The number of hydrogen-bond donors (Lipinski definition) is 2. The summed E-state index contributed by atoms with van der Waals surface area (Å²) in [6, 6.07) is 7.34. The Bertz CT molecular complexity index is 743. The number of para-hydroxylation sites is 2. The summed E-state index contributed by atoms with van der Waals surface area (Å²) in [6.07, 6.45) is 8.11. The minimum atomic E-state index is -0.143. The zero-order chi connectivity index (χ0) is 21.1. The Morgan fingerprint density at radius 1 is 1.03 bits per heavy atom. The molecular weight excluding hydrogens is 378 g/mol. The van der Waals surface area contributed by atoms with Crippen molar-refractivity contribution in [1.29, 1.82) is 0 Å². The lowest BCUT2D eigenvalue weighted by Gasteiger charge is -2.56. The summed E-state index contributed by atoms with van der Waals surface area (Å²) in [7, 11) is 1.58. The number of rotatable bonds is 9. The molecule has 0 aromatic heterocycles. The number of hydrogen-bond acceptors (Lipinski definition) is 4. The SMILES string of the molecule is CCN(CC(=O)NCC12CC3CC(CC(C3)C1)C2)CC(=O)Nc1ccccc1OC. The van der Waals surface area contributed by atoms with E-state index < -0.39 is 0 Å². The molecule has 30 heavy (non-hydrogen) atoms. The number of methoxy groups -OCH3 is 1. The number of anilines is 1. The molecule has 6 nitrogen and oxygen atoms in total. The van der Waals surface area contributed by atoms with Gasteiger partial charge in [-0.05, 0) is 80.4 Å². The van der Waals surface area contributed by atoms with Gasteiger partial charge in [0.2, 0.25) is 11.8 Å². The number of likely N-dealkylation sites (N-methyl/N-ethyl adjacent to an activating group) is 1. The Kier molecular flexibility index (Phi) is 6.32. The van der Waals surface area contributed by atoms with Crippen molar-refractivity contribution in [2.45, 2.75) is 45.4 Å². The number of carbonyl (C=O) groups is 2. The third kappa shape index (κ3) is 4.80. The average molecular weight is 414 g/mol. The number of benzene rings is 1. The van der Waals surface area contributed by atoms with Gasteiger partial charge in [0.15, 0.2) is 0 Å². The molecule has 4 aliphatic carbocycles. The van der Waals surface area contributed by atoms with Gasteiger partial charge in [0.1, 0.15) is 5.75 Å². The zero-order valence-corrected chi connectivity index (χ0v) is 18.3. The second-order valence-corrected chi connectivity index (χ2v) is 9.75. The lowest BCUT2D eigenvalue weighted by atomic mass is 9.49. The van der Waals surface area contributed by atoms with Crippen LogP contribution in [0.25, 0.3) is 0 Å². The van der Waals surface area contributed by atoms with E-state index in [1.807, 2.05) is 36.1 Å². The molecule has 0 atom stereocenters. The van der Waals surface area contributed by atoms with Crippen molar-refractivity contribution in [2.24, 2.45) is 23.2 Å². The molecule has 0 heterocycles. The number of ether oxygens (including phenoxy) is 1. The fourth-order valence-electron chi connectivity index (χ4n) is 6.47. The first-order chi connectivity index (χ1) is 14.5. The van der Waals surface area contributed by atoms with Crippen LogP contribution in [0.3, 0.4) is 0 Å². The Morgan fingerprint density at radius 2 is 1.63 bits per heavy atom. The minimum absolute atomic E-state index is 0.0256. The Hall–Kier alpha value is -2.08. The summed E-state index contributed by atoms with van der Waals surface area (Å²) >= 11 is 0. The van der Waals surface area contributed by atoms with Gasteiger partial charge in [0.25, 0.3) is 0 Å². The third-order valence-electron chi connectivity index (χ3n) is 7.39. The van der Waals surface area contributed by atoms with Crippen LogP contribution in [0.1, 0.15) is 45.4 Å². The normalized spacial score (nSPS) is 29.1. The van der Waals surface area contributed by atoms with Gasteiger partial charge in [0, 0.05) is 6.54 Å². The van der Waals surface area contributed by atoms with Crippen LogP contribution in [0.15, 0.2) is 24.3 Å². The Morgan fingerprint density at radius 3 is 2.23 bits per heavy atom. The third-order valence-corrected chi connectivity index (χ3v) is 7.39. The predicted molar refractivity (Wildman–Crippen MR) is 117 cm³/mol. The zero-order valence-electron chi connectivity index (χ0n) is 18.3. The largest absolute Gasteiger partial charge is 0.495 e. The van der Waals surface area contributed by atoms with Gasteiger partial charge in [-0.1, -0.05) is 19.1 Å². The highest BCUT2D eigenvalue weighted by Gasteiger charge is 2.50. The van der Waals surface area contributed by atoms with E-state index >= 15 is 0 Å². The predicted octanol–water partition coefficient (Wildman–Crippen LogP) is 3.29. The fraction of sp³-hybridized carbons (Fsp3) is 0.667. The van der Waals surface area contributed by atoms with E-state index in [0.29, 0.717) is 23.4 Å². The summed E-state index contributed by atoms with van der Waals surface area (Å²) in [5.41, 5.74) is 0.982. The quantitative estimate of drug-likeness (QED) is 0.652. The van der Waals surface area contributed by atoms with Crippen LogP contribution in [0.4, 0.5) is 5.69 Å². The van der Waals surface area contributed by atoms with Crippen LogP contribution in [-0.4, -0.2) is 50.0 Å². The molecule has 0 aliphatic heterocycles. The molecule has 2 N–H and O–H groups in total. The van der Waals surface area contributed by atoms with Crippen LogP contribution < -0.4 is 15.4 Å². The van der Waals surface area contributed by atoms with Gasteiger partial charge in [-0.15, -0.1) is 0 Å². The maximum absolute atomic E-state index is 12.6. The van der Waals surface area contributed by atoms with Crippen molar-refractivity contribution in [3.05, 3.63) is 24.3 Å². The molecule has 5 rings (SSSR count). The first-order valence-corrected chi connectivity index (χ1v) is 11.4. The molecule has 0 radical (unpaired) electrons. The van der Waals surface area contributed by atoms with Crippen LogP contribution in [0.2, 0.25) is 0 Å². The van der Waals surface area contributed by atoms with Crippen LogP contribution in [-0.2, 0) is 9.59 Å². The highest BCUT2D eigenvalue weighted by Crippen LogP contribution is 2.59. The summed E-state index contributed by atoms with van der Waals surface area (Å²) in [5, 5.41) is 6.10. The molecule has 164 valence electrons. The maximum Gasteiger partial charge on any atom is 0.238 e. The maximum atomic E-state index is 12.6. The van der Waals surface area contributed by atoms with Crippen molar-refractivity contribution in [1.82, 2.24) is 10.2 Å². The van der Waals surface area contributed by atoms with E-state index in [1.165, 1.54) is 38.5 Å². The number of nitrogens with zero attached hydrogens (tertiary/aromatic N) is 1. The van der Waals surface area contributed by atoms with Gasteiger partial charge < -0.3 is 15.4 Å². The minimum Gasteiger partial charge on any atom is -0.495 e. The number of amides is 2. The van der Waals surface area contributed by atoms with Crippen LogP contribution in [0, 0.1) is 23.2 Å². The van der Waals surface area contributed by atoms with Gasteiger partial charge in [-0.2, -0.15) is 0 Å². The van der Waals surface area contributed by atoms with E-state index in [-0.39, 0.29) is 24.9 Å². The van der Waals surface area contributed by atoms with Crippen molar-refractivity contribution in [3.63, 3.8) is 0 Å². The van der Waals surface area contributed by atoms with Crippen molar-refractivity contribution < 1.29 is 14.3 Å². The molecule has 0 saturated heterocycles. The molecular formula is C24H35N3O3. The Balaban J connectivity index is 1.25. The standard InChI is InChI=1S/C24H35N3O3/c1-3-27(15-23(29)26-20-6-4-5-7-21(20)30-2)14-22(28)25-16-24-11-17-8-18(12-24)10-19(9-17)13-24/h4-7,17-19H,3,8-16H2,1-2H3,(H,25,28)(H,26,29). The highest BCUT2D eigenvalue weighted by atomic mass is 16.5. The van der Waals surface area contributed by atoms with E-state index in [1.54, 1.807) is 7.11 Å². The second kappa shape index (κ2) is 8.96. The van der Waals surface area contributed by atoms with Crippen molar-refractivity contribution >= 4 is 17.5 Å². The summed E-state index contributed by atoms with van der Waals surface area (Å²) in [5.74, 6) is 3.17. The molecule has 1 aromatic carbocycles. The van der Waals surface area contributed by atoms with Gasteiger partial charge in [0.05, 0.1) is 25.9 Å². The van der Waals surface area contributed by atoms with E-state index in [4.69, 9.17) is 4.74 Å². The first kappa shape index (κ1) is 21.2. The molecule has 6 heteroatoms. The lowest BCUT2D eigenvalue weighted by molar-refractivity contribution is -0.125. The summed E-state index contributed by atoms with van der Waals surface area (Å²) in [6.45, 7) is 3.86. The van der Waals surface area contributed by atoms with Crippen LogP contribution in [0.5, 0.6) is 5.75 Å². The van der Waals surface area contributed by atoms with E-state index in [2.05, 4.69) is 10.6 Å². The lowest BCUT2D eigenvalue weighted by Crippen LogP contribution is -2.52. The van der Waals surface area contributed by atoms with Gasteiger partial charge in [-0.3, -0.25) is 14.5 Å². The molecule has 2 amide bonds. The monoisotopic (exact) mass is 413 g/mol. The Labute approximate surface area is 179 Å². The molecule has 0 spiro atoms. The molecule has 4 bridgehead atoms. The molecule has 4 fully saturated rings. The van der Waals surface area contributed by atoms with Gasteiger partial charge in [-0.25, -0.2) is 0 Å². The van der Waals surface area contributed by atoms with Gasteiger partial charge >= 0.3 is 0 Å². The molecule has 4 aliphatic rings. The summed E-state index contributed by atoms with van der Waals surface area (Å²) < 4.78 is 5.28.